The highest BCUT2D eigenvalue weighted by Gasteiger charge is 2.07. The van der Waals surface area contributed by atoms with Crippen LogP contribution in [0.3, 0.4) is 0 Å². The minimum atomic E-state index is 0.0613. The SMILES string of the molecule is Cc1cccc(NC(=O)CCSCc2cn3ccccc3n2)c1C. The van der Waals surface area contributed by atoms with E-state index >= 15 is 0 Å². The highest BCUT2D eigenvalue weighted by atomic mass is 32.2. The van der Waals surface area contributed by atoms with Gasteiger partial charge in [-0.2, -0.15) is 11.8 Å². The van der Waals surface area contributed by atoms with E-state index in [9.17, 15) is 4.79 Å². The summed E-state index contributed by atoms with van der Waals surface area (Å²) in [6.07, 6.45) is 4.54. The Kier molecular flexibility index (Phi) is 5.20. The van der Waals surface area contributed by atoms with E-state index in [4.69, 9.17) is 0 Å². The Bertz CT molecular complexity index is 824. The van der Waals surface area contributed by atoms with Crippen molar-refractivity contribution in [3.8, 4) is 0 Å². The number of amides is 1. The number of thioether (sulfide) groups is 1. The number of anilines is 1. The number of aromatic nitrogens is 2. The van der Waals surface area contributed by atoms with Crippen LogP contribution in [0.25, 0.3) is 5.65 Å². The van der Waals surface area contributed by atoms with Crippen LogP contribution in [0, 0.1) is 13.8 Å². The number of carbonyl (C=O) groups is 1. The summed E-state index contributed by atoms with van der Waals surface area (Å²) in [6.45, 7) is 4.08. The smallest absolute Gasteiger partial charge is 0.225 e. The number of nitrogens with one attached hydrogen (secondary N) is 1. The predicted molar refractivity (Wildman–Crippen MR) is 101 cm³/mol. The summed E-state index contributed by atoms with van der Waals surface area (Å²) in [6, 6.07) is 11.9. The van der Waals surface area contributed by atoms with Crippen LogP contribution in [-0.2, 0) is 10.5 Å². The Labute approximate surface area is 146 Å². The summed E-state index contributed by atoms with van der Waals surface area (Å²) >= 11 is 1.73. The Morgan fingerprint density at radius 2 is 2.08 bits per heavy atom. The van der Waals surface area contributed by atoms with Gasteiger partial charge in [-0.15, -0.1) is 0 Å². The molecule has 0 spiro atoms. The quantitative estimate of drug-likeness (QED) is 0.684. The fourth-order valence-electron chi connectivity index (χ4n) is 2.50. The third-order valence-electron chi connectivity index (χ3n) is 4.02. The molecule has 2 aromatic heterocycles. The van der Waals surface area contributed by atoms with Crippen LogP contribution in [0.2, 0.25) is 0 Å². The van der Waals surface area contributed by atoms with Crippen LogP contribution >= 0.6 is 11.8 Å². The van der Waals surface area contributed by atoms with E-state index in [2.05, 4.69) is 23.3 Å². The number of rotatable bonds is 6. The van der Waals surface area contributed by atoms with E-state index in [-0.39, 0.29) is 5.91 Å². The monoisotopic (exact) mass is 339 g/mol. The lowest BCUT2D eigenvalue weighted by Crippen LogP contribution is -2.13. The molecule has 0 aliphatic heterocycles. The zero-order chi connectivity index (χ0) is 16.9. The van der Waals surface area contributed by atoms with Gasteiger partial charge in [0.25, 0.3) is 0 Å². The normalized spacial score (nSPS) is 10.9. The Morgan fingerprint density at radius 3 is 2.92 bits per heavy atom. The third-order valence-corrected chi connectivity index (χ3v) is 5.01. The van der Waals surface area contributed by atoms with E-state index in [1.165, 1.54) is 5.56 Å². The van der Waals surface area contributed by atoms with Gasteiger partial charge < -0.3 is 9.72 Å². The van der Waals surface area contributed by atoms with Crippen molar-refractivity contribution < 1.29 is 4.79 Å². The number of pyridine rings is 1. The van der Waals surface area contributed by atoms with E-state index in [0.717, 1.165) is 34.1 Å². The fourth-order valence-corrected chi connectivity index (χ4v) is 3.32. The molecule has 124 valence electrons. The number of imidazole rings is 1. The van der Waals surface area contributed by atoms with Crippen LogP contribution in [0.4, 0.5) is 5.69 Å². The molecule has 2 heterocycles. The largest absolute Gasteiger partial charge is 0.326 e. The maximum Gasteiger partial charge on any atom is 0.225 e. The molecule has 4 nitrogen and oxygen atoms in total. The molecule has 0 atom stereocenters. The summed E-state index contributed by atoms with van der Waals surface area (Å²) in [5.41, 5.74) is 5.23. The van der Waals surface area contributed by atoms with Gasteiger partial charge in [0.05, 0.1) is 5.69 Å². The first-order chi connectivity index (χ1) is 11.6. The lowest BCUT2D eigenvalue weighted by atomic mass is 10.1. The molecule has 3 aromatic rings. The van der Waals surface area contributed by atoms with Crippen LogP contribution in [0.5, 0.6) is 0 Å². The summed E-state index contributed by atoms with van der Waals surface area (Å²) in [5, 5.41) is 3.00. The first-order valence-electron chi connectivity index (χ1n) is 8.00. The molecule has 0 aliphatic rings. The van der Waals surface area contributed by atoms with Gasteiger partial charge >= 0.3 is 0 Å². The minimum Gasteiger partial charge on any atom is -0.326 e. The molecule has 0 radical (unpaired) electrons. The zero-order valence-electron chi connectivity index (χ0n) is 14.0. The molecular formula is C19H21N3OS. The topological polar surface area (TPSA) is 46.4 Å². The third kappa shape index (κ3) is 3.97. The van der Waals surface area contributed by atoms with Crippen LogP contribution in [-0.4, -0.2) is 21.0 Å². The van der Waals surface area contributed by atoms with E-state index < -0.39 is 0 Å². The van der Waals surface area contributed by atoms with Crippen molar-refractivity contribution in [2.45, 2.75) is 26.0 Å². The number of carbonyl (C=O) groups excluding carboxylic acids is 1. The first kappa shape index (κ1) is 16.6. The highest BCUT2D eigenvalue weighted by molar-refractivity contribution is 7.98. The summed E-state index contributed by atoms with van der Waals surface area (Å²) in [7, 11) is 0. The van der Waals surface area contributed by atoms with Crippen molar-refractivity contribution in [2.75, 3.05) is 11.1 Å². The van der Waals surface area contributed by atoms with Crippen molar-refractivity contribution in [3.05, 3.63) is 65.6 Å². The van der Waals surface area contributed by atoms with E-state index in [0.29, 0.717) is 6.42 Å². The molecule has 0 aliphatic carbocycles. The Morgan fingerprint density at radius 1 is 1.21 bits per heavy atom. The molecule has 24 heavy (non-hydrogen) atoms. The minimum absolute atomic E-state index is 0.0613. The van der Waals surface area contributed by atoms with Gasteiger partial charge in [0.1, 0.15) is 5.65 Å². The van der Waals surface area contributed by atoms with E-state index in [1.807, 2.05) is 54.0 Å². The van der Waals surface area contributed by atoms with E-state index in [1.54, 1.807) is 11.8 Å². The van der Waals surface area contributed by atoms with Crippen molar-refractivity contribution in [2.24, 2.45) is 0 Å². The Balaban J connectivity index is 1.46. The molecule has 0 bridgehead atoms. The average Bonchev–Trinajstić information content (AvgIpc) is 2.99. The van der Waals surface area contributed by atoms with Crippen molar-refractivity contribution >= 4 is 29.0 Å². The highest BCUT2D eigenvalue weighted by Crippen LogP contribution is 2.19. The molecule has 0 fully saturated rings. The number of fused-ring (bicyclic) bond motifs is 1. The maximum atomic E-state index is 12.1. The van der Waals surface area contributed by atoms with Gasteiger partial charge in [0.15, 0.2) is 0 Å². The fraction of sp³-hybridized carbons (Fsp3) is 0.263. The van der Waals surface area contributed by atoms with Gasteiger partial charge in [0.2, 0.25) is 5.91 Å². The summed E-state index contributed by atoms with van der Waals surface area (Å²) < 4.78 is 2.02. The second-order valence-electron chi connectivity index (χ2n) is 5.80. The maximum absolute atomic E-state index is 12.1. The molecule has 3 rings (SSSR count). The second kappa shape index (κ2) is 7.53. The van der Waals surface area contributed by atoms with Gasteiger partial charge in [0, 0.05) is 36.0 Å². The number of hydrogen-bond acceptors (Lipinski definition) is 3. The first-order valence-corrected chi connectivity index (χ1v) is 9.15. The number of nitrogens with zero attached hydrogens (tertiary/aromatic N) is 2. The molecule has 0 saturated carbocycles. The van der Waals surface area contributed by atoms with Gasteiger partial charge in [-0.1, -0.05) is 18.2 Å². The number of hydrogen-bond donors (Lipinski definition) is 1. The van der Waals surface area contributed by atoms with Crippen LogP contribution in [0.15, 0.2) is 48.8 Å². The Hall–Kier alpha value is -2.27. The number of aryl methyl sites for hydroxylation is 1. The molecular weight excluding hydrogens is 318 g/mol. The standard InChI is InChI=1S/C19H21N3OS/c1-14-6-5-7-17(15(14)2)21-19(23)9-11-24-13-16-12-22-10-4-3-8-18(22)20-16/h3-8,10,12H,9,11,13H2,1-2H3,(H,21,23). The second-order valence-corrected chi connectivity index (χ2v) is 6.90. The molecule has 1 amide bonds. The predicted octanol–water partition coefficient (Wildman–Crippen LogP) is 4.21. The molecule has 0 saturated heterocycles. The zero-order valence-corrected chi connectivity index (χ0v) is 14.8. The molecule has 5 heteroatoms. The van der Waals surface area contributed by atoms with Crippen LogP contribution in [0.1, 0.15) is 23.2 Å². The molecule has 1 aromatic carbocycles. The average molecular weight is 339 g/mol. The lowest BCUT2D eigenvalue weighted by molar-refractivity contribution is -0.115. The van der Waals surface area contributed by atoms with Crippen LogP contribution < -0.4 is 5.32 Å². The molecule has 1 N–H and O–H groups in total. The molecule has 0 unspecified atom stereocenters. The van der Waals surface area contributed by atoms with Crippen molar-refractivity contribution in [3.63, 3.8) is 0 Å². The summed E-state index contributed by atoms with van der Waals surface area (Å²) in [5.74, 6) is 1.66. The van der Waals surface area contributed by atoms with Gasteiger partial charge in [-0.25, -0.2) is 4.98 Å². The van der Waals surface area contributed by atoms with Gasteiger partial charge in [-0.3, -0.25) is 4.79 Å². The van der Waals surface area contributed by atoms with Gasteiger partial charge in [-0.05, 0) is 43.2 Å². The number of benzene rings is 1. The lowest BCUT2D eigenvalue weighted by Gasteiger charge is -2.10. The van der Waals surface area contributed by atoms with Crippen molar-refractivity contribution in [1.82, 2.24) is 9.38 Å². The summed E-state index contributed by atoms with van der Waals surface area (Å²) in [4.78, 5) is 16.6. The van der Waals surface area contributed by atoms with Crippen molar-refractivity contribution in [1.29, 1.82) is 0 Å².